The molecule has 2 heterocycles. The van der Waals surface area contributed by atoms with Gasteiger partial charge in [0.05, 0.1) is 12.6 Å². The van der Waals surface area contributed by atoms with E-state index in [4.69, 9.17) is 4.74 Å². The van der Waals surface area contributed by atoms with Crippen LogP contribution in [0.1, 0.15) is 41.3 Å². The standard InChI is InChI=1S/C33H41FN4O2/c1-25-8-3-4-9-27(25)22-35-33(39)30-24-38(32-29(30)10-5-11-31(32)40-2)19-7-17-36-16-6-18-37(21-20-36)23-26-12-14-28(34)15-13-26/h3-5,8-15,24,33,35,39H,6-7,16-23H2,1-2H3. The second kappa shape index (κ2) is 13.4. The molecule has 1 unspecified atom stereocenters. The van der Waals surface area contributed by atoms with E-state index in [0.717, 1.165) is 86.4 Å². The molecular formula is C33H41FN4O2. The van der Waals surface area contributed by atoms with Crippen LogP contribution in [0.2, 0.25) is 0 Å². The Morgan fingerprint density at radius 3 is 2.50 bits per heavy atom. The molecule has 1 aliphatic rings. The number of aromatic nitrogens is 1. The molecule has 1 atom stereocenters. The number of nitrogens with one attached hydrogen (secondary N) is 1. The summed E-state index contributed by atoms with van der Waals surface area (Å²) in [7, 11) is 1.70. The van der Waals surface area contributed by atoms with E-state index in [1.807, 2.05) is 36.4 Å². The third kappa shape index (κ3) is 6.91. The molecule has 7 heteroatoms. The second-order valence-electron chi connectivity index (χ2n) is 10.8. The summed E-state index contributed by atoms with van der Waals surface area (Å²) in [4.78, 5) is 5.02. The summed E-state index contributed by atoms with van der Waals surface area (Å²) in [6.45, 7) is 9.61. The zero-order chi connectivity index (χ0) is 27.9. The van der Waals surface area contributed by atoms with E-state index in [1.54, 1.807) is 19.2 Å². The average molecular weight is 545 g/mol. The van der Waals surface area contributed by atoms with Crippen molar-refractivity contribution in [3.63, 3.8) is 0 Å². The highest BCUT2D eigenvalue weighted by Gasteiger charge is 2.19. The molecule has 0 radical (unpaired) electrons. The van der Waals surface area contributed by atoms with Crippen LogP contribution in [0, 0.1) is 12.7 Å². The van der Waals surface area contributed by atoms with Crippen molar-refractivity contribution in [2.75, 3.05) is 39.8 Å². The van der Waals surface area contributed by atoms with Crippen LogP contribution in [0.3, 0.4) is 0 Å². The fourth-order valence-electron chi connectivity index (χ4n) is 5.76. The van der Waals surface area contributed by atoms with E-state index >= 15 is 0 Å². The summed E-state index contributed by atoms with van der Waals surface area (Å²) in [5.74, 6) is 0.639. The van der Waals surface area contributed by atoms with Gasteiger partial charge < -0.3 is 19.3 Å². The van der Waals surface area contributed by atoms with Crippen LogP contribution in [0.25, 0.3) is 10.9 Å². The van der Waals surface area contributed by atoms with Gasteiger partial charge in [-0.05, 0) is 74.3 Å². The van der Waals surface area contributed by atoms with Gasteiger partial charge in [0.15, 0.2) is 0 Å². The van der Waals surface area contributed by atoms with Crippen molar-refractivity contribution in [3.05, 3.63) is 101 Å². The van der Waals surface area contributed by atoms with E-state index in [-0.39, 0.29) is 5.82 Å². The molecule has 2 N–H and O–H groups in total. The number of hydrogen-bond acceptors (Lipinski definition) is 5. The Hall–Kier alpha value is -3.23. The van der Waals surface area contributed by atoms with Gasteiger partial charge in [0.2, 0.25) is 0 Å². The fourth-order valence-corrected chi connectivity index (χ4v) is 5.76. The molecule has 5 rings (SSSR count). The van der Waals surface area contributed by atoms with Gasteiger partial charge in [-0.15, -0.1) is 0 Å². The topological polar surface area (TPSA) is 52.9 Å². The first-order valence-electron chi connectivity index (χ1n) is 14.3. The minimum atomic E-state index is -0.784. The summed E-state index contributed by atoms with van der Waals surface area (Å²) >= 11 is 0. The lowest BCUT2D eigenvalue weighted by Crippen LogP contribution is -2.31. The maximum absolute atomic E-state index is 13.3. The highest BCUT2D eigenvalue weighted by molar-refractivity contribution is 5.89. The average Bonchev–Trinajstić information content (AvgIpc) is 3.20. The zero-order valence-corrected chi connectivity index (χ0v) is 23.7. The smallest absolute Gasteiger partial charge is 0.143 e. The number of benzene rings is 3. The van der Waals surface area contributed by atoms with Crippen molar-refractivity contribution < 1.29 is 14.2 Å². The molecule has 0 spiro atoms. The normalized spacial score (nSPS) is 15.8. The Labute approximate surface area is 237 Å². The lowest BCUT2D eigenvalue weighted by atomic mass is 10.1. The number of hydrogen-bond donors (Lipinski definition) is 2. The molecule has 0 saturated carbocycles. The Balaban J connectivity index is 1.20. The van der Waals surface area contributed by atoms with Crippen molar-refractivity contribution in [2.24, 2.45) is 0 Å². The lowest BCUT2D eigenvalue weighted by molar-refractivity contribution is 0.138. The van der Waals surface area contributed by atoms with Crippen molar-refractivity contribution in [1.29, 1.82) is 0 Å². The minimum Gasteiger partial charge on any atom is -0.495 e. The first-order valence-corrected chi connectivity index (χ1v) is 14.3. The number of fused-ring (bicyclic) bond motifs is 1. The van der Waals surface area contributed by atoms with Gasteiger partial charge in [0.25, 0.3) is 0 Å². The van der Waals surface area contributed by atoms with Gasteiger partial charge in [-0.1, -0.05) is 48.5 Å². The van der Waals surface area contributed by atoms with E-state index in [9.17, 15) is 9.50 Å². The van der Waals surface area contributed by atoms with Gasteiger partial charge in [0, 0.05) is 49.9 Å². The maximum Gasteiger partial charge on any atom is 0.143 e. The molecule has 40 heavy (non-hydrogen) atoms. The molecule has 6 nitrogen and oxygen atoms in total. The van der Waals surface area contributed by atoms with Crippen LogP contribution >= 0.6 is 0 Å². The summed E-state index contributed by atoms with van der Waals surface area (Å²) in [6.07, 6.45) is 3.43. The maximum atomic E-state index is 13.3. The fraction of sp³-hybridized carbons (Fsp3) is 0.394. The first kappa shape index (κ1) is 28.3. The number of aryl methyl sites for hydroxylation is 2. The lowest BCUT2D eigenvalue weighted by Gasteiger charge is -2.22. The third-order valence-electron chi connectivity index (χ3n) is 8.03. The molecule has 1 aliphatic heterocycles. The van der Waals surface area contributed by atoms with E-state index < -0.39 is 6.23 Å². The van der Waals surface area contributed by atoms with Gasteiger partial charge in [-0.3, -0.25) is 10.2 Å². The first-order chi connectivity index (χ1) is 19.5. The summed E-state index contributed by atoms with van der Waals surface area (Å²) < 4.78 is 21.2. The van der Waals surface area contributed by atoms with Gasteiger partial charge in [-0.2, -0.15) is 0 Å². The largest absolute Gasteiger partial charge is 0.495 e. The summed E-state index contributed by atoms with van der Waals surface area (Å²) in [6, 6.07) is 21.1. The number of ether oxygens (including phenoxy) is 1. The number of para-hydroxylation sites is 1. The van der Waals surface area contributed by atoms with Crippen LogP contribution in [0.5, 0.6) is 5.75 Å². The molecular weight excluding hydrogens is 503 g/mol. The number of aliphatic hydroxyl groups is 1. The molecule has 0 bridgehead atoms. The highest BCUT2D eigenvalue weighted by Crippen LogP contribution is 2.33. The molecule has 3 aromatic carbocycles. The van der Waals surface area contributed by atoms with E-state index in [1.165, 1.54) is 11.1 Å². The van der Waals surface area contributed by atoms with Crippen LogP contribution < -0.4 is 10.1 Å². The van der Waals surface area contributed by atoms with Crippen LogP contribution in [0.15, 0.2) is 72.9 Å². The third-order valence-corrected chi connectivity index (χ3v) is 8.03. The van der Waals surface area contributed by atoms with Crippen molar-refractivity contribution >= 4 is 10.9 Å². The minimum absolute atomic E-state index is 0.181. The highest BCUT2D eigenvalue weighted by atomic mass is 19.1. The Morgan fingerprint density at radius 2 is 1.70 bits per heavy atom. The van der Waals surface area contributed by atoms with Gasteiger partial charge in [-0.25, -0.2) is 4.39 Å². The number of aliphatic hydroxyl groups excluding tert-OH is 1. The van der Waals surface area contributed by atoms with E-state index in [0.29, 0.717) is 6.54 Å². The van der Waals surface area contributed by atoms with Crippen molar-refractivity contribution in [2.45, 2.75) is 45.6 Å². The van der Waals surface area contributed by atoms with Gasteiger partial charge in [0.1, 0.15) is 17.8 Å². The SMILES string of the molecule is COc1cccc2c(C(O)NCc3ccccc3C)cn(CCCN3CCCN(Cc4ccc(F)cc4)CC3)c12. The predicted molar refractivity (Wildman–Crippen MR) is 159 cm³/mol. The molecule has 0 amide bonds. The second-order valence-corrected chi connectivity index (χ2v) is 10.8. The quantitative estimate of drug-likeness (QED) is 0.245. The monoisotopic (exact) mass is 544 g/mol. The van der Waals surface area contributed by atoms with Crippen molar-refractivity contribution in [1.82, 2.24) is 19.7 Å². The molecule has 0 aliphatic carbocycles. The molecule has 1 saturated heterocycles. The molecule has 212 valence electrons. The predicted octanol–water partition coefficient (Wildman–Crippen LogP) is 5.48. The van der Waals surface area contributed by atoms with Gasteiger partial charge >= 0.3 is 0 Å². The zero-order valence-electron chi connectivity index (χ0n) is 23.7. The Kier molecular flexibility index (Phi) is 9.49. The van der Waals surface area contributed by atoms with Crippen LogP contribution in [-0.4, -0.2) is 59.3 Å². The number of rotatable bonds is 11. The molecule has 1 aromatic heterocycles. The molecule has 4 aromatic rings. The summed E-state index contributed by atoms with van der Waals surface area (Å²) in [5.41, 5.74) is 5.44. The van der Waals surface area contributed by atoms with Crippen LogP contribution in [-0.2, 0) is 19.6 Å². The Morgan fingerprint density at radius 1 is 0.925 bits per heavy atom. The Bertz CT molecular complexity index is 1390. The number of nitrogens with zero attached hydrogens (tertiary/aromatic N) is 3. The van der Waals surface area contributed by atoms with Crippen molar-refractivity contribution in [3.8, 4) is 5.75 Å². The van der Waals surface area contributed by atoms with E-state index in [2.05, 4.69) is 51.0 Å². The van der Waals surface area contributed by atoms with Crippen LogP contribution in [0.4, 0.5) is 4.39 Å². The summed E-state index contributed by atoms with van der Waals surface area (Å²) in [5, 5.41) is 15.5. The molecule has 1 fully saturated rings. The number of halogens is 1. The number of methoxy groups -OCH3 is 1.